The van der Waals surface area contributed by atoms with Crippen LogP contribution in [0.4, 0.5) is 19.2 Å². The fourth-order valence-electron chi connectivity index (χ4n) is 3.41. The second-order valence-corrected chi connectivity index (χ2v) is 13.6. The first-order chi connectivity index (χ1) is 17.8. The van der Waals surface area contributed by atoms with Gasteiger partial charge in [-0.3, -0.25) is 4.79 Å². The van der Waals surface area contributed by atoms with Gasteiger partial charge in [-0.25, -0.2) is 40.0 Å². The molecular weight excluding hydrogens is 526 g/mol. The molecular formula is C26H47N5O9. The van der Waals surface area contributed by atoms with E-state index >= 15 is 0 Å². The predicted octanol–water partition coefficient (Wildman–Crippen LogP) is 3.59. The van der Waals surface area contributed by atoms with Gasteiger partial charge in [0.1, 0.15) is 34.5 Å². The van der Waals surface area contributed by atoms with E-state index in [1.54, 1.807) is 95.0 Å². The molecule has 1 aliphatic rings. The van der Waals surface area contributed by atoms with Crippen molar-refractivity contribution in [1.82, 2.24) is 25.8 Å². The molecule has 0 aromatic carbocycles. The quantitative estimate of drug-likeness (QED) is 0.370. The lowest BCUT2D eigenvalue weighted by Gasteiger charge is -2.43. The van der Waals surface area contributed by atoms with Crippen LogP contribution in [0.1, 0.15) is 83.1 Å². The van der Waals surface area contributed by atoms with Crippen LogP contribution in [0.25, 0.3) is 0 Å². The Morgan fingerprint density at radius 3 is 1.15 bits per heavy atom. The lowest BCUT2D eigenvalue weighted by Crippen LogP contribution is -2.69. The molecule has 0 aliphatic carbocycles. The number of ketones is 1. The number of likely N-dealkylation sites (tertiary alicyclic amines) is 1. The normalized spacial score (nSPS) is 18.8. The van der Waals surface area contributed by atoms with E-state index in [9.17, 15) is 24.0 Å². The first kappa shape index (κ1) is 34.7. The Labute approximate surface area is 236 Å². The lowest BCUT2D eigenvalue weighted by molar-refractivity contribution is -0.137. The van der Waals surface area contributed by atoms with Gasteiger partial charge < -0.3 is 23.8 Å². The second kappa shape index (κ2) is 12.5. The topological polar surface area (TPSA) is 156 Å². The number of nitrogens with zero attached hydrogens (tertiary/aromatic N) is 3. The zero-order valence-electron chi connectivity index (χ0n) is 26.1. The van der Waals surface area contributed by atoms with Gasteiger partial charge in [0.2, 0.25) is 0 Å². The average molecular weight is 574 g/mol. The minimum absolute atomic E-state index is 0.0288. The number of hydrazine groups is 2. The van der Waals surface area contributed by atoms with Crippen molar-refractivity contribution in [3.8, 4) is 0 Å². The molecule has 1 saturated heterocycles. The van der Waals surface area contributed by atoms with Gasteiger partial charge in [-0.2, -0.15) is 0 Å². The maximum Gasteiger partial charge on any atom is 0.430 e. The Morgan fingerprint density at radius 1 is 0.625 bits per heavy atom. The molecule has 14 heteroatoms. The SMILES string of the molecule is CN1CC(N(NC(=O)OC(C)(C)C)C(=O)OC(C)(C)C)C(=O)C(N(NC(=O)OC(C)(C)C)C(=O)OC(C)(C)C)C1. The molecule has 14 nitrogen and oxygen atoms in total. The maximum atomic E-state index is 13.9. The van der Waals surface area contributed by atoms with Crippen LogP contribution < -0.4 is 10.9 Å². The zero-order chi connectivity index (χ0) is 31.4. The number of amides is 4. The Balaban J connectivity index is 3.49. The molecule has 0 radical (unpaired) electrons. The summed E-state index contributed by atoms with van der Waals surface area (Å²) in [5.74, 6) is -0.679. The molecule has 0 bridgehead atoms. The number of nitrogens with one attached hydrogen (secondary N) is 2. The van der Waals surface area contributed by atoms with Gasteiger partial charge in [-0.05, 0) is 90.1 Å². The van der Waals surface area contributed by atoms with Crippen molar-refractivity contribution in [3.63, 3.8) is 0 Å². The molecule has 2 unspecified atom stereocenters. The molecule has 0 spiro atoms. The summed E-state index contributed by atoms with van der Waals surface area (Å²) in [6, 6.07) is -2.67. The molecule has 1 rings (SSSR count). The smallest absolute Gasteiger partial charge is 0.430 e. The molecule has 2 N–H and O–H groups in total. The number of rotatable bonds is 2. The Kier molecular flexibility index (Phi) is 10.8. The van der Waals surface area contributed by atoms with Gasteiger partial charge in [0.05, 0.1) is 0 Å². The number of ether oxygens (including phenoxy) is 4. The van der Waals surface area contributed by atoms with Crippen LogP contribution in [0.2, 0.25) is 0 Å². The summed E-state index contributed by atoms with van der Waals surface area (Å²) >= 11 is 0. The molecule has 2 atom stereocenters. The third-order valence-corrected chi connectivity index (χ3v) is 4.65. The largest absolute Gasteiger partial charge is 0.443 e. The molecule has 0 saturated carbocycles. The van der Waals surface area contributed by atoms with Crippen LogP contribution in [0.15, 0.2) is 0 Å². The van der Waals surface area contributed by atoms with E-state index in [0.717, 1.165) is 10.0 Å². The van der Waals surface area contributed by atoms with E-state index < -0.39 is 64.6 Å². The zero-order valence-corrected chi connectivity index (χ0v) is 26.1. The van der Waals surface area contributed by atoms with Gasteiger partial charge in [0.25, 0.3) is 0 Å². The minimum atomic E-state index is -1.34. The fourth-order valence-corrected chi connectivity index (χ4v) is 3.41. The van der Waals surface area contributed by atoms with Crippen molar-refractivity contribution in [2.45, 2.75) is 118 Å². The van der Waals surface area contributed by atoms with Gasteiger partial charge in [-0.1, -0.05) is 0 Å². The van der Waals surface area contributed by atoms with Crippen LogP contribution in [-0.4, -0.2) is 99.7 Å². The molecule has 1 aliphatic heterocycles. The summed E-state index contributed by atoms with van der Waals surface area (Å²) in [6.45, 7) is 19.6. The van der Waals surface area contributed by atoms with Crippen LogP contribution in [0, 0.1) is 0 Å². The number of hydrogen-bond donors (Lipinski definition) is 2. The third kappa shape index (κ3) is 12.3. The van der Waals surface area contributed by atoms with Crippen LogP contribution >= 0.6 is 0 Å². The lowest BCUT2D eigenvalue weighted by atomic mass is 9.98. The van der Waals surface area contributed by atoms with Crippen molar-refractivity contribution < 1.29 is 42.9 Å². The highest BCUT2D eigenvalue weighted by Crippen LogP contribution is 2.21. The number of piperidine rings is 1. The predicted molar refractivity (Wildman–Crippen MR) is 145 cm³/mol. The van der Waals surface area contributed by atoms with Gasteiger partial charge in [0.15, 0.2) is 5.78 Å². The highest BCUT2D eigenvalue weighted by Gasteiger charge is 2.47. The minimum Gasteiger partial charge on any atom is -0.443 e. The fraction of sp³-hybridized carbons (Fsp3) is 0.808. The Hall–Kier alpha value is -3.29. The number of hydrogen-bond acceptors (Lipinski definition) is 10. The Bertz CT molecular complexity index is 884. The highest BCUT2D eigenvalue weighted by atomic mass is 16.6. The molecule has 1 heterocycles. The number of carbonyl (C=O) groups is 5. The number of Topliss-reactive ketones (excluding diaryl/α,β-unsaturated/α-hetero) is 1. The van der Waals surface area contributed by atoms with Gasteiger partial charge in [0, 0.05) is 13.1 Å². The van der Waals surface area contributed by atoms with E-state index in [1.165, 1.54) is 0 Å². The van der Waals surface area contributed by atoms with Crippen molar-refractivity contribution >= 4 is 30.2 Å². The van der Waals surface area contributed by atoms with Gasteiger partial charge >= 0.3 is 24.4 Å². The molecule has 0 aromatic heterocycles. The molecule has 4 amide bonds. The van der Waals surface area contributed by atoms with Crippen molar-refractivity contribution in [1.29, 1.82) is 0 Å². The molecule has 230 valence electrons. The maximum absolute atomic E-state index is 13.9. The number of likely N-dealkylation sites (N-methyl/N-ethyl adjacent to an activating group) is 1. The van der Waals surface area contributed by atoms with E-state index in [2.05, 4.69) is 10.9 Å². The summed E-state index contributed by atoms with van der Waals surface area (Å²) < 4.78 is 21.5. The first-order valence-electron chi connectivity index (χ1n) is 13.0. The van der Waals surface area contributed by atoms with Crippen molar-refractivity contribution in [2.24, 2.45) is 0 Å². The monoisotopic (exact) mass is 573 g/mol. The highest BCUT2D eigenvalue weighted by molar-refractivity contribution is 5.95. The summed E-state index contributed by atoms with van der Waals surface area (Å²) in [5, 5.41) is 1.48. The van der Waals surface area contributed by atoms with E-state index in [1.807, 2.05) is 0 Å². The molecule has 0 aromatic rings. The van der Waals surface area contributed by atoms with Crippen LogP contribution in [-0.2, 0) is 23.7 Å². The van der Waals surface area contributed by atoms with Gasteiger partial charge in [-0.15, -0.1) is 0 Å². The average Bonchev–Trinajstić information content (AvgIpc) is 2.66. The molecule has 1 fully saturated rings. The third-order valence-electron chi connectivity index (χ3n) is 4.65. The summed E-state index contributed by atoms with van der Waals surface area (Å²) in [4.78, 5) is 67.3. The summed E-state index contributed by atoms with van der Waals surface area (Å²) in [6.07, 6.45) is -4.03. The summed E-state index contributed by atoms with van der Waals surface area (Å²) in [7, 11) is 1.65. The number of carbonyl (C=O) groups excluding carboxylic acids is 5. The first-order valence-corrected chi connectivity index (χ1v) is 13.0. The standard InChI is InChI=1S/C26H47N5O9/c1-23(2,3)37-19(33)27-30(21(35)39-25(7,8)9)16-14-29(13)15-17(18(16)32)31(22(36)40-26(10,11)12)28-20(34)38-24(4,5)6/h16-17H,14-15H2,1-13H3,(H,27,33)(H,28,34). The van der Waals surface area contributed by atoms with E-state index in [0.29, 0.717) is 0 Å². The second-order valence-electron chi connectivity index (χ2n) is 13.6. The summed E-state index contributed by atoms with van der Waals surface area (Å²) in [5.41, 5.74) is 0.914. The van der Waals surface area contributed by atoms with Crippen LogP contribution in [0.5, 0.6) is 0 Å². The van der Waals surface area contributed by atoms with Crippen LogP contribution in [0.3, 0.4) is 0 Å². The Morgan fingerprint density at radius 2 is 0.900 bits per heavy atom. The molecule has 40 heavy (non-hydrogen) atoms. The van der Waals surface area contributed by atoms with E-state index in [-0.39, 0.29) is 13.1 Å². The van der Waals surface area contributed by atoms with Crippen molar-refractivity contribution in [2.75, 3.05) is 20.1 Å². The van der Waals surface area contributed by atoms with Crippen molar-refractivity contribution in [3.05, 3.63) is 0 Å². The van der Waals surface area contributed by atoms with E-state index in [4.69, 9.17) is 18.9 Å².